The number of piperidine rings is 1. The lowest BCUT2D eigenvalue weighted by atomic mass is 9.87. The quantitative estimate of drug-likeness (QED) is 0.786. The molecule has 21 heavy (non-hydrogen) atoms. The van der Waals surface area contributed by atoms with Crippen molar-refractivity contribution in [3.8, 4) is 0 Å². The molecule has 3 unspecified atom stereocenters. The Balaban J connectivity index is 2.02. The van der Waals surface area contributed by atoms with Crippen LogP contribution in [0.3, 0.4) is 0 Å². The number of fused-ring (bicyclic) bond motifs is 2. The van der Waals surface area contributed by atoms with Gasteiger partial charge in [-0.15, -0.1) is 0 Å². The second-order valence-corrected chi connectivity index (χ2v) is 6.21. The molecule has 1 aromatic carbocycles. The molecule has 0 N–H and O–H groups in total. The largest absolute Gasteiger partial charge is 0.467 e. The summed E-state index contributed by atoms with van der Waals surface area (Å²) >= 11 is 0. The first-order chi connectivity index (χ1) is 10.1. The third-order valence-corrected chi connectivity index (χ3v) is 5.00. The van der Waals surface area contributed by atoms with Gasteiger partial charge in [-0.1, -0.05) is 25.1 Å². The molecular weight excluding hydrogens is 266 g/mol. The SMILES string of the molecule is COC(=O)C12CCCC(C(C)C1)N2C(=O)c1ccccc1. The first-order valence-electron chi connectivity index (χ1n) is 7.57. The van der Waals surface area contributed by atoms with Gasteiger partial charge in [-0.25, -0.2) is 4.79 Å². The van der Waals surface area contributed by atoms with Crippen LogP contribution in [0, 0.1) is 5.92 Å². The molecule has 0 saturated carbocycles. The van der Waals surface area contributed by atoms with Crippen LogP contribution in [0.1, 0.15) is 43.0 Å². The zero-order valence-corrected chi connectivity index (χ0v) is 12.5. The number of nitrogens with zero attached hydrogens (tertiary/aromatic N) is 1. The van der Waals surface area contributed by atoms with Gasteiger partial charge < -0.3 is 9.64 Å². The number of esters is 1. The monoisotopic (exact) mass is 287 g/mol. The van der Waals surface area contributed by atoms with Crippen molar-refractivity contribution in [3.05, 3.63) is 35.9 Å². The normalized spacial score (nSPS) is 31.0. The molecule has 0 aromatic heterocycles. The zero-order valence-electron chi connectivity index (χ0n) is 12.5. The molecule has 2 aliphatic heterocycles. The minimum atomic E-state index is -0.760. The van der Waals surface area contributed by atoms with E-state index >= 15 is 0 Å². The highest BCUT2D eigenvalue weighted by Crippen LogP contribution is 2.48. The predicted molar refractivity (Wildman–Crippen MR) is 78.8 cm³/mol. The first kappa shape index (κ1) is 14.1. The molecule has 2 fully saturated rings. The summed E-state index contributed by atoms with van der Waals surface area (Å²) in [6, 6.07) is 9.37. The van der Waals surface area contributed by atoms with Gasteiger partial charge >= 0.3 is 5.97 Å². The van der Waals surface area contributed by atoms with E-state index in [0.717, 1.165) is 12.8 Å². The van der Waals surface area contributed by atoms with Crippen molar-refractivity contribution in [2.45, 2.75) is 44.2 Å². The van der Waals surface area contributed by atoms with E-state index in [9.17, 15) is 9.59 Å². The van der Waals surface area contributed by atoms with Gasteiger partial charge in [0.1, 0.15) is 5.54 Å². The molecule has 112 valence electrons. The van der Waals surface area contributed by atoms with Crippen molar-refractivity contribution < 1.29 is 14.3 Å². The van der Waals surface area contributed by atoms with E-state index in [1.165, 1.54) is 7.11 Å². The van der Waals surface area contributed by atoms with Crippen LogP contribution >= 0.6 is 0 Å². The highest BCUT2D eigenvalue weighted by molar-refractivity contribution is 5.99. The molecule has 0 spiro atoms. The minimum Gasteiger partial charge on any atom is -0.467 e. The van der Waals surface area contributed by atoms with Crippen LogP contribution in [-0.2, 0) is 9.53 Å². The van der Waals surface area contributed by atoms with Gasteiger partial charge in [-0.2, -0.15) is 0 Å². The summed E-state index contributed by atoms with van der Waals surface area (Å²) in [5.74, 6) is 0.0233. The van der Waals surface area contributed by atoms with Crippen LogP contribution in [0.15, 0.2) is 30.3 Å². The van der Waals surface area contributed by atoms with Crippen LogP contribution < -0.4 is 0 Å². The molecular formula is C17H21NO3. The highest BCUT2D eigenvalue weighted by Gasteiger charge is 2.59. The van der Waals surface area contributed by atoms with E-state index in [1.54, 1.807) is 0 Å². The summed E-state index contributed by atoms with van der Waals surface area (Å²) in [6.45, 7) is 2.13. The van der Waals surface area contributed by atoms with Crippen LogP contribution in [0.25, 0.3) is 0 Å². The second-order valence-electron chi connectivity index (χ2n) is 6.21. The summed E-state index contributed by atoms with van der Waals surface area (Å²) in [6.07, 6.45) is 3.36. The lowest BCUT2D eigenvalue weighted by molar-refractivity contribution is -0.154. The Kier molecular flexibility index (Phi) is 3.47. The number of hydrogen-bond donors (Lipinski definition) is 0. The van der Waals surface area contributed by atoms with Crippen LogP contribution in [0.2, 0.25) is 0 Å². The van der Waals surface area contributed by atoms with Crippen molar-refractivity contribution in [1.82, 2.24) is 4.90 Å². The number of hydrogen-bond acceptors (Lipinski definition) is 3. The van der Waals surface area contributed by atoms with E-state index in [4.69, 9.17) is 4.74 Å². The van der Waals surface area contributed by atoms with Crippen molar-refractivity contribution in [2.75, 3.05) is 7.11 Å². The van der Waals surface area contributed by atoms with Crippen molar-refractivity contribution >= 4 is 11.9 Å². The van der Waals surface area contributed by atoms with Crippen molar-refractivity contribution in [2.24, 2.45) is 5.92 Å². The Morgan fingerprint density at radius 3 is 2.67 bits per heavy atom. The average molecular weight is 287 g/mol. The van der Waals surface area contributed by atoms with E-state index in [1.807, 2.05) is 35.2 Å². The fourth-order valence-electron chi connectivity index (χ4n) is 4.12. The van der Waals surface area contributed by atoms with Gasteiger partial charge in [-0.3, -0.25) is 4.79 Å². The summed E-state index contributed by atoms with van der Waals surface area (Å²) in [5.41, 5.74) is -0.115. The lowest BCUT2D eigenvalue weighted by Gasteiger charge is -2.42. The van der Waals surface area contributed by atoms with Crippen molar-refractivity contribution in [1.29, 1.82) is 0 Å². The van der Waals surface area contributed by atoms with Gasteiger partial charge in [0.2, 0.25) is 0 Å². The molecule has 0 radical (unpaired) electrons. The number of methoxy groups -OCH3 is 1. The standard InChI is InChI=1S/C17H21NO3/c1-12-11-17(16(20)21-2)10-6-9-14(12)18(17)15(19)13-7-4-3-5-8-13/h3-5,7-8,12,14H,6,9-11H2,1-2H3. The second kappa shape index (κ2) is 5.17. The summed E-state index contributed by atoms with van der Waals surface area (Å²) < 4.78 is 5.04. The van der Waals surface area contributed by atoms with Gasteiger partial charge in [0.25, 0.3) is 5.91 Å². The predicted octanol–water partition coefficient (Wildman–Crippen LogP) is 2.63. The molecule has 3 rings (SSSR count). The zero-order chi connectivity index (χ0) is 15.0. The summed E-state index contributed by atoms with van der Waals surface area (Å²) in [7, 11) is 1.41. The molecule has 2 aliphatic rings. The molecule has 2 bridgehead atoms. The molecule has 1 amide bonds. The Bertz CT molecular complexity index is 556. The van der Waals surface area contributed by atoms with Gasteiger partial charge in [-0.05, 0) is 43.7 Å². The molecule has 2 saturated heterocycles. The van der Waals surface area contributed by atoms with E-state index < -0.39 is 5.54 Å². The summed E-state index contributed by atoms with van der Waals surface area (Å²) in [4.78, 5) is 27.2. The number of rotatable bonds is 2. The fourth-order valence-corrected chi connectivity index (χ4v) is 4.12. The number of carbonyl (C=O) groups is 2. The first-order valence-corrected chi connectivity index (χ1v) is 7.57. The number of amides is 1. The fraction of sp³-hybridized carbons (Fsp3) is 0.529. The van der Waals surface area contributed by atoms with Crippen LogP contribution in [0.5, 0.6) is 0 Å². The minimum absolute atomic E-state index is 0.0462. The molecule has 4 nitrogen and oxygen atoms in total. The average Bonchev–Trinajstić information content (AvgIpc) is 2.69. The highest BCUT2D eigenvalue weighted by atomic mass is 16.5. The van der Waals surface area contributed by atoms with Crippen LogP contribution in [0.4, 0.5) is 0 Å². The van der Waals surface area contributed by atoms with E-state index in [2.05, 4.69) is 6.92 Å². The summed E-state index contributed by atoms with van der Waals surface area (Å²) in [5, 5.41) is 0. The number of ether oxygens (including phenoxy) is 1. The number of benzene rings is 1. The van der Waals surface area contributed by atoms with E-state index in [0.29, 0.717) is 24.3 Å². The number of carbonyl (C=O) groups excluding carboxylic acids is 2. The Hall–Kier alpha value is -1.84. The molecule has 0 aliphatic carbocycles. The maximum absolute atomic E-state index is 12.9. The van der Waals surface area contributed by atoms with Gasteiger partial charge in [0.05, 0.1) is 7.11 Å². The Morgan fingerprint density at radius 2 is 2.00 bits per heavy atom. The Labute approximate surface area is 125 Å². The van der Waals surface area contributed by atoms with Gasteiger partial charge in [0, 0.05) is 11.6 Å². The van der Waals surface area contributed by atoms with Gasteiger partial charge in [0.15, 0.2) is 0 Å². The maximum Gasteiger partial charge on any atom is 0.331 e. The topological polar surface area (TPSA) is 46.6 Å². The third kappa shape index (κ3) is 2.04. The molecule has 3 atom stereocenters. The van der Waals surface area contributed by atoms with Crippen molar-refractivity contribution in [3.63, 3.8) is 0 Å². The molecule has 4 heteroatoms. The Morgan fingerprint density at radius 1 is 1.29 bits per heavy atom. The van der Waals surface area contributed by atoms with Crippen LogP contribution in [-0.4, -0.2) is 35.5 Å². The smallest absolute Gasteiger partial charge is 0.331 e. The maximum atomic E-state index is 12.9. The lowest BCUT2D eigenvalue weighted by Crippen LogP contribution is -2.58. The molecule has 1 aromatic rings. The molecule has 2 heterocycles. The third-order valence-electron chi connectivity index (χ3n) is 5.00. The van der Waals surface area contributed by atoms with E-state index in [-0.39, 0.29) is 17.9 Å².